The Morgan fingerprint density at radius 1 is 1.44 bits per heavy atom. The molecule has 1 aliphatic carbocycles. The predicted octanol–water partition coefficient (Wildman–Crippen LogP) is 1.05. The average Bonchev–Trinajstić information content (AvgIpc) is 2.24. The number of carbonyl (C=O) groups is 1. The first-order valence-electron chi connectivity index (χ1n) is 5.61. The first-order chi connectivity index (χ1) is 7.72. The van der Waals surface area contributed by atoms with Crippen molar-refractivity contribution in [2.24, 2.45) is 0 Å². The quantitative estimate of drug-likeness (QED) is 0.651. The minimum atomic E-state index is -0.0311. The van der Waals surface area contributed by atoms with E-state index in [1.165, 1.54) is 19.3 Å². The molecule has 0 bridgehead atoms. The minimum Gasteiger partial charge on any atom is -0.382 e. The fraction of sp³-hybridized carbons (Fsp3) is 0.909. The Balaban J connectivity index is 2.05. The lowest BCUT2D eigenvalue weighted by Crippen LogP contribution is -2.46. The molecule has 4 nitrogen and oxygen atoms in total. The third-order valence-corrected chi connectivity index (χ3v) is 4.39. The van der Waals surface area contributed by atoms with E-state index in [-0.39, 0.29) is 12.5 Å². The van der Waals surface area contributed by atoms with E-state index in [1.807, 2.05) is 11.8 Å². The van der Waals surface area contributed by atoms with Gasteiger partial charge in [-0.15, -0.1) is 0 Å². The number of hydrogen-bond donors (Lipinski definition) is 1. The molecule has 1 fully saturated rings. The summed E-state index contributed by atoms with van der Waals surface area (Å²) in [5.41, 5.74) is 0. The highest BCUT2D eigenvalue weighted by Gasteiger charge is 2.36. The van der Waals surface area contributed by atoms with Crippen LogP contribution in [0.1, 0.15) is 19.3 Å². The van der Waals surface area contributed by atoms with Crippen molar-refractivity contribution in [1.29, 1.82) is 0 Å². The van der Waals surface area contributed by atoms with Crippen LogP contribution in [-0.4, -0.2) is 50.4 Å². The number of ether oxygens (including phenoxy) is 2. The predicted molar refractivity (Wildman–Crippen MR) is 65.8 cm³/mol. The van der Waals surface area contributed by atoms with E-state index in [2.05, 4.69) is 11.6 Å². The van der Waals surface area contributed by atoms with Gasteiger partial charge in [-0.1, -0.05) is 6.42 Å². The highest BCUT2D eigenvalue weighted by Crippen LogP contribution is 2.42. The van der Waals surface area contributed by atoms with Crippen LogP contribution in [0.4, 0.5) is 0 Å². The van der Waals surface area contributed by atoms with Gasteiger partial charge in [0.1, 0.15) is 6.61 Å². The van der Waals surface area contributed by atoms with Gasteiger partial charge in [0.25, 0.3) is 0 Å². The van der Waals surface area contributed by atoms with Crippen LogP contribution < -0.4 is 5.32 Å². The summed E-state index contributed by atoms with van der Waals surface area (Å²) in [4.78, 5) is 11.4. The first kappa shape index (κ1) is 13.8. The number of rotatable bonds is 8. The maximum atomic E-state index is 11.4. The first-order valence-corrected chi connectivity index (χ1v) is 6.83. The minimum absolute atomic E-state index is 0.0311. The molecule has 1 aliphatic rings. The lowest BCUT2D eigenvalue weighted by Gasteiger charge is -2.40. The topological polar surface area (TPSA) is 47.6 Å². The fourth-order valence-electron chi connectivity index (χ4n) is 1.64. The van der Waals surface area contributed by atoms with E-state index in [4.69, 9.17) is 9.47 Å². The van der Waals surface area contributed by atoms with Crippen molar-refractivity contribution in [1.82, 2.24) is 5.32 Å². The van der Waals surface area contributed by atoms with Crippen LogP contribution in [-0.2, 0) is 14.3 Å². The number of methoxy groups -OCH3 is 1. The van der Waals surface area contributed by atoms with Gasteiger partial charge in [-0.25, -0.2) is 0 Å². The Kier molecular flexibility index (Phi) is 6.16. The Bertz CT molecular complexity index is 214. The molecule has 94 valence electrons. The second-order valence-electron chi connectivity index (χ2n) is 4.06. The fourth-order valence-corrected chi connectivity index (χ4v) is 2.56. The van der Waals surface area contributed by atoms with Gasteiger partial charge < -0.3 is 14.8 Å². The number of thioether (sulfide) groups is 1. The largest absolute Gasteiger partial charge is 0.382 e. The molecule has 0 radical (unpaired) electrons. The third-order valence-electron chi connectivity index (χ3n) is 2.97. The zero-order valence-electron chi connectivity index (χ0n) is 10.1. The van der Waals surface area contributed by atoms with Gasteiger partial charge in [-0.3, -0.25) is 4.79 Å². The summed E-state index contributed by atoms with van der Waals surface area (Å²) in [5.74, 6) is -0.0311. The van der Waals surface area contributed by atoms with Crippen molar-refractivity contribution in [3.8, 4) is 0 Å². The van der Waals surface area contributed by atoms with Crippen molar-refractivity contribution >= 4 is 17.7 Å². The number of amides is 1. The Morgan fingerprint density at radius 3 is 2.69 bits per heavy atom. The maximum absolute atomic E-state index is 11.4. The number of nitrogens with one attached hydrogen (secondary N) is 1. The van der Waals surface area contributed by atoms with Gasteiger partial charge in [0, 0.05) is 18.4 Å². The second-order valence-corrected chi connectivity index (χ2v) is 5.34. The third kappa shape index (κ3) is 4.31. The van der Waals surface area contributed by atoms with Crippen LogP contribution in [0.5, 0.6) is 0 Å². The zero-order valence-corrected chi connectivity index (χ0v) is 10.9. The van der Waals surface area contributed by atoms with Gasteiger partial charge in [0.2, 0.25) is 5.91 Å². The van der Waals surface area contributed by atoms with E-state index in [9.17, 15) is 4.79 Å². The van der Waals surface area contributed by atoms with Crippen LogP contribution in [0.15, 0.2) is 0 Å². The molecule has 0 aromatic carbocycles. The van der Waals surface area contributed by atoms with Crippen molar-refractivity contribution in [3.63, 3.8) is 0 Å². The van der Waals surface area contributed by atoms with E-state index in [1.54, 1.807) is 7.11 Å². The zero-order chi connectivity index (χ0) is 11.9. The molecular formula is C11H21NO3S. The molecule has 0 heterocycles. The van der Waals surface area contributed by atoms with E-state index < -0.39 is 0 Å². The molecule has 0 aromatic rings. The summed E-state index contributed by atoms with van der Waals surface area (Å²) in [7, 11) is 1.61. The van der Waals surface area contributed by atoms with E-state index in [0.717, 1.165) is 6.54 Å². The van der Waals surface area contributed by atoms with Gasteiger partial charge in [-0.2, -0.15) is 11.8 Å². The van der Waals surface area contributed by atoms with Gasteiger partial charge >= 0.3 is 0 Å². The summed E-state index contributed by atoms with van der Waals surface area (Å²) in [6.45, 7) is 1.90. The molecule has 1 amide bonds. The van der Waals surface area contributed by atoms with E-state index in [0.29, 0.717) is 18.0 Å². The standard InChI is InChI=1S/C11H21NO3S/c1-14-6-7-15-8-10(13)12-9-11(16-2)4-3-5-11/h3-9H2,1-2H3,(H,12,13). The molecule has 16 heavy (non-hydrogen) atoms. The maximum Gasteiger partial charge on any atom is 0.246 e. The SMILES string of the molecule is COCCOCC(=O)NCC1(SC)CCC1. The van der Waals surface area contributed by atoms with Gasteiger partial charge in [-0.05, 0) is 19.1 Å². The molecular weight excluding hydrogens is 226 g/mol. The smallest absolute Gasteiger partial charge is 0.246 e. The van der Waals surface area contributed by atoms with Crippen LogP contribution in [0, 0.1) is 0 Å². The summed E-state index contributed by atoms with van der Waals surface area (Å²) in [6, 6.07) is 0. The highest BCUT2D eigenvalue weighted by molar-refractivity contribution is 8.00. The van der Waals surface area contributed by atoms with Gasteiger partial charge in [0.05, 0.1) is 13.2 Å². The van der Waals surface area contributed by atoms with Crippen molar-refractivity contribution < 1.29 is 14.3 Å². The summed E-state index contributed by atoms with van der Waals surface area (Å²) in [6.07, 6.45) is 5.80. The average molecular weight is 247 g/mol. The molecule has 1 N–H and O–H groups in total. The lowest BCUT2D eigenvalue weighted by atomic mass is 9.84. The monoisotopic (exact) mass is 247 g/mol. The molecule has 0 saturated heterocycles. The lowest BCUT2D eigenvalue weighted by molar-refractivity contribution is -0.126. The summed E-state index contributed by atoms with van der Waals surface area (Å²) in [5, 5.41) is 2.93. The van der Waals surface area contributed by atoms with Crippen molar-refractivity contribution in [2.75, 3.05) is 39.7 Å². The Labute approximate surface area is 101 Å². The van der Waals surface area contributed by atoms with Crippen LogP contribution >= 0.6 is 11.8 Å². The molecule has 1 saturated carbocycles. The Hall–Kier alpha value is -0.260. The number of hydrogen-bond acceptors (Lipinski definition) is 4. The molecule has 0 aromatic heterocycles. The molecule has 0 spiro atoms. The number of carbonyl (C=O) groups excluding carboxylic acids is 1. The molecule has 0 unspecified atom stereocenters. The van der Waals surface area contributed by atoms with Crippen molar-refractivity contribution in [2.45, 2.75) is 24.0 Å². The second kappa shape index (κ2) is 7.14. The summed E-state index contributed by atoms with van der Waals surface area (Å²) < 4.78 is 10.3. The summed E-state index contributed by atoms with van der Waals surface area (Å²) >= 11 is 1.86. The van der Waals surface area contributed by atoms with Crippen molar-refractivity contribution in [3.05, 3.63) is 0 Å². The highest BCUT2D eigenvalue weighted by atomic mass is 32.2. The van der Waals surface area contributed by atoms with Crippen LogP contribution in [0.2, 0.25) is 0 Å². The Morgan fingerprint density at radius 2 is 2.19 bits per heavy atom. The normalized spacial score (nSPS) is 17.9. The van der Waals surface area contributed by atoms with Gasteiger partial charge in [0.15, 0.2) is 0 Å². The molecule has 5 heteroatoms. The molecule has 0 atom stereocenters. The molecule has 1 rings (SSSR count). The van der Waals surface area contributed by atoms with Crippen LogP contribution in [0.25, 0.3) is 0 Å². The van der Waals surface area contributed by atoms with E-state index >= 15 is 0 Å². The molecule has 0 aliphatic heterocycles. The van der Waals surface area contributed by atoms with Crippen LogP contribution in [0.3, 0.4) is 0 Å².